The smallest absolute Gasteiger partial charge is 0.135 e. The third-order valence-electron chi connectivity index (χ3n) is 2.27. The van der Waals surface area contributed by atoms with Crippen molar-refractivity contribution in [2.75, 3.05) is 0 Å². The summed E-state index contributed by atoms with van der Waals surface area (Å²) in [5.74, 6) is 0.0874. The quantitative estimate of drug-likeness (QED) is 0.856. The number of aromatic nitrogens is 2. The SMILES string of the molecule is CC(=O)Cc1cn(-c2ccc(Cl)c(Cl)c2)cn1. The number of nitrogens with zero attached hydrogens (tertiary/aromatic N) is 2. The van der Waals surface area contributed by atoms with Crippen LogP contribution in [0.15, 0.2) is 30.7 Å². The lowest BCUT2D eigenvalue weighted by Gasteiger charge is -2.03. The molecule has 17 heavy (non-hydrogen) atoms. The average Bonchev–Trinajstić information content (AvgIpc) is 2.69. The van der Waals surface area contributed by atoms with E-state index < -0.39 is 0 Å². The van der Waals surface area contributed by atoms with Gasteiger partial charge in [-0.3, -0.25) is 4.79 Å². The van der Waals surface area contributed by atoms with Crippen LogP contribution in [0, 0.1) is 0 Å². The number of Topliss-reactive ketones (excluding diaryl/α,β-unsaturated/α-hetero) is 1. The molecular formula is C12H10Cl2N2O. The molecule has 1 aromatic heterocycles. The van der Waals surface area contributed by atoms with Crippen LogP contribution in [0.25, 0.3) is 5.69 Å². The molecule has 0 spiro atoms. The molecule has 1 heterocycles. The van der Waals surface area contributed by atoms with Crippen LogP contribution in [0.2, 0.25) is 10.0 Å². The summed E-state index contributed by atoms with van der Waals surface area (Å²) in [6.07, 6.45) is 3.80. The molecule has 2 rings (SSSR count). The van der Waals surface area contributed by atoms with Gasteiger partial charge in [0.15, 0.2) is 0 Å². The van der Waals surface area contributed by atoms with Crippen LogP contribution in [0.3, 0.4) is 0 Å². The first-order valence-corrected chi connectivity index (χ1v) is 5.79. The monoisotopic (exact) mass is 268 g/mol. The van der Waals surface area contributed by atoms with Gasteiger partial charge in [-0.05, 0) is 25.1 Å². The molecule has 0 radical (unpaired) electrons. The predicted octanol–water partition coefficient (Wildman–Crippen LogP) is 3.31. The van der Waals surface area contributed by atoms with Gasteiger partial charge in [0.2, 0.25) is 0 Å². The van der Waals surface area contributed by atoms with Gasteiger partial charge in [0.25, 0.3) is 0 Å². The molecule has 3 nitrogen and oxygen atoms in total. The third kappa shape index (κ3) is 2.87. The first-order valence-electron chi connectivity index (χ1n) is 5.04. The summed E-state index contributed by atoms with van der Waals surface area (Å²) in [7, 11) is 0. The first kappa shape index (κ1) is 12.1. The molecule has 0 atom stereocenters. The van der Waals surface area contributed by atoms with Gasteiger partial charge in [0.1, 0.15) is 5.78 Å². The lowest BCUT2D eigenvalue weighted by atomic mass is 10.2. The Balaban J connectivity index is 2.30. The Bertz CT molecular complexity index is 563. The van der Waals surface area contributed by atoms with Crippen LogP contribution in [-0.4, -0.2) is 15.3 Å². The number of halogens is 2. The zero-order valence-corrected chi connectivity index (χ0v) is 10.7. The Morgan fingerprint density at radius 2 is 2.12 bits per heavy atom. The number of imidazole rings is 1. The van der Waals surface area contributed by atoms with Gasteiger partial charge in [0.05, 0.1) is 22.1 Å². The van der Waals surface area contributed by atoms with Gasteiger partial charge in [-0.2, -0.15) is 0 Å². The molecule has 2 aromatic rings. The second-order valence-electron chi connectivity index (χ2n) is 3.75. The maximum Gasteiger partial charge on any atom is 0.135 e. The minimum Gasteiger partial charge on any atom is -0.306 e. The third-order valence-corrected chi connectivity index (χ3v) is 3.01. The maximum atomic E-state index is 11.0. The van der Waals surface area contributed by atoms with Crippen molar-refractivity contribution in [1.29, 1.82) is 0 Å². The van der Waals surface area contributed by atoms with E-state index >= 15 is 0 Å². The van der Waals surface area contributed by atoms with Gasteiger partial charge < -0.3 is 4.57 Å². The van der Waals surface area contributed by atoms with E-state index in [0.29, 0.717) is 16.5 Å². The summed E-state index contributed by atoms with van der Waals surface area (Å²) in [5.41, 5.74) is 1.60. The number of hydrogen-bond donors (Lipinski definition) is 0. The molecule has 0 aliphatic rings. The van der Waals surface area contributed by atoms with Gasteiger partial charge in [-0.15, -0.1) is 0 Å². The van der Waals surface area contributed by atoms with Gasteiger partial charge >= 0.3 is 0 Å². The molecule has 0 amide bonds. The molecule has 0 saturated carbocycles. The molecule has 0 aliphatic carbocycles. The lowest BCUT2D eigenvalue weighted by molar-refractivity contribution is -0.116. The van der Waals surface area contributed by atoms with Gasteiger partial charge in [0, 0.05) is 18.3 Å². The van der Waals surface area contributed by atoms with Crippen molar-refractivity contribution >= 4 is 29.0 Å². The van der Waals surface area contributed by atoms with Gasteiger partial charge in [-0.1, -0.05) is 23.2 Å². The van der Waals surface area contributed by atoms with Crippen LogP contribution in [-0.2, 0) is 11.2 Å². The average molecular weight is 269 g/mol. The van der Waals surface area contributed by atoms with Crippen LogP contribution >= 0.6 is 23.2 Å². The lowest BCUT2D eigenvalue weighted by Crippen LogP contribution is -1.96. The van der Waals surface area contributed by atoms with Crippen molar-refractivity contribution in [3.8, 4) is 5.69 Å². The van der Waals surface area contributed by atoms with Gasteiger partial charge in [-0.25, -0.2) is 4.98 Å². The maximum absolute atomic E-state index is 11.0. The fraction of sp³-hybridized carbons (Fsp3) is 0.167. The summed E-state index contributed by atoms with van der Waals surface area (Å²) >= 11 is 11.8. The van der Waals surface area contributed by atoms with Crippen molar-refractivity contribution in [1.82, 2.24) is 9.55 Å². The van der Waals surface area contributed by atoms with E-state index in [0.717, 1.165) is 11.4 Å². The zero-order chi connectivity index (χ0) is 12.4. The number of benzene rings is 1. The second-order valence-corrected chi connectivity index (χ2v) is 4.56. The summed E-state index contributed by atoms with van der Waals surface area (Å²) < 4.78 is 1.81. The van der Waals surface area contributed by atoms with Crippen molar-refractivity contribution < 1.29 is 4.79 Å². The summed E-state index contributed by atoms with van der Waals surface area (Å²) in [6, 6.07) is 5.32. The van der Waals surface area contributed by atoms with E-state index in [4.69, 9.17) is 23.2 Å². The highest BCUT2D eigenvalue weighted by Gasteiger charge is 2.05. The van der Waals surface area contributed by atoms with Crippen LogP contribution < -0.4 is 0 Å². The minimum atomic E-state index is 0.0874. The molecule has 0 unspecified atom stereocenters. The Kier molecular flexibility index (Phi) is 3.50. The molecule has 1 aromatic carbocycles. The summed E-state index contributed by atoms with van der Waals surface area (Å²) in [5, 5.41) is 1.01. The van der Waals surface area contributed by atoms with Crippen LogP contribution in [0.4, 0.5) is 0 Å². The molecule has 88 valence electrons. The van der Waals surface area contributed by atoms with Crippen LogP contribution in [0.1, 0.15) is 12.6 Å². The topological polar surface area (TPSA) is 34.9 Å². The largest absolute Gasteiger partial charge is 0.306 e. The van der Waals surface area contributed by atoms with E-state index in [1.165, 1.54) is 6.92 Å². The number of ketones is 1. The van der Waals surface area contributed by atoms with Crippen molar-refractivity contribution in [2.24, 2.45) is 0 Å². The van der Waals surface area contributed by atoms with E-state index in [9.17, 15) is 4.79 Å². The highest BCUT2D eigenvalue weighted by Crippen LogP contribution is 2.24. The Morgan fingerprint density at radius 3 is 2.76 bits per heavy atom. The van der Waals surface area contributed by atoms with E-state index in [1.807, 2.05) is 6.07 Å². The number of rotatable bonds is 3. The van der Waals surface area contributed by atoms with E-state index in [-0.39, 0.29) is 5.78 Å². The van der Waals surface area contributed by atoms with Crippen molar-refractivity contribution in [3.63, 3.8) is 0 Å². The fourth-order valence-corrected chi connectivity index (χ4v) is 1.79. The number of carbonyl (C=O) groups excluding carboxylic acids is 1. The highest BCUT2D eigenvalue weighted by molar-refractivity contribution is 6.42. The van der Waals surface area contributed by atoms with Crippen molar-refractivity contribution in [3.05, 3.63) is 46.5 Å². The molecule has 0 fully saturated rings. The standard InChI is InChI=1S/C12H10Cl2N2O/c1-8(17)4-9-6-16(7-15-9)10-2-3-11(13)12(14)5-10/h2-3,5-7H,4H2,1H3. The molecule has 0 bridgehead atoms. The molecule has 0 N–H and O–H groups in total. The molecule has 0 saturated heterocycles. The normalized spacial score (nSPS) is 10.5. The molecule has 0 aliphatic heterocycles. The first-order chi connectivity index (χ1) is 8.06. The van der Waals surface area contributed by atoms with Crippen molar-refractivity contribution in [2.45, 2.75) is 13.3 Å². The minimum absolute atomic E-state index is 0.0874. The highest BCUT2D eigenvalue weighted by atomic mass is 35.5. The van der Waals surface area contributed by atoms with Crippen LogP contribution in [0.5, 0.6) is 0 Å². The number of carbonyl (C=O) groups is 1. The fourth-order valence-electron chi connectivity index (χ4n) is 1.50. The Labute approximate surface area is 109 Å². The molecule has 5 heteroatoms. The van der Waals surface area contributed by atoms with E-state index in [1.54, 1.807) is 29.2 Å². The second kappa shape index (κ2) is 4.90. The summed E-state index contributed by atoms with van der Waals surface area (Å²) in [4.78, 5) is 15.1. The Hall–Kier alpha value is -1.32. The molecular weight excluding hydrogens is 259 g/mol. The predicted molar refractivity (Wildman–Crippen MR) is 68.0 cm³/mol. The summed E-state index contributed by atoms with van der Waals surface area (Å²) in [6.45, 7) is 1.54. The Morgan fingerprint density at radius 1 is 1.35 bits per heavy atom. The zero-order valence-electron chi connectivity index (χ0n) is 9.15. The van der Waals surface area contributed by atoms with E-state index in [2.05, 4.69) is 4.98 Å². The number of hydrogen-bond acceptors (Lipinski definition) is 2.